The summed E-state index contributed by atoms with van der Waals surface area (Å²) in [5.41, 5.74) is 3.63. The van der Waals surface area contributed by atoms with Gasteiger partial charge in [-0.1, -0.05) is 40.2 Å². The average molecular weight is 341 g/mol. The molecule has 2 nitrogen and oxygen atoms in total. The molecule has 0 atom stereocenters. The van der Waals surface area contributed by atoms with Crippen LogP contribution in [0.15, 0.2) is 58.4 Å². The maximum Gasteiger partial charge on any atom is 0.124 e. The fourth-order valence-corrected chi connectivity index (χ4v) is 2.98. The lowest BCUT2D eigenvalue weighted by atomic mass is 10.1. The SMILES string of the molecule is N#Cc1cccc(-c2csc(-c3ccc(Br)cc3)n2)c1. The standard InChI is InChI=1S/C16H9BrN2S/c17-14-6-4-12(5-7-14)16-19-15(10-20-16)13-3-1-2-11(8-13)9-18/h1-8,10H. The Labute approximate surface area is 129 Å². The third kappa shape index (κ3) is 2.64. The van der Waals surface area contributed by atoms with Gasteiger partial charge >= 0.3 is 0 Å². The van der Waals surface area contributed by atoms with Gasteiger partial charge in [0.1, 0.15) is 5.01 Å². The summed E-state index contributed by atoms with van der Waals surface area (Å²) in [5.74, 6) is 0. The van der Waals surface area contributed by atoms with Gasteiger partial charge in [0.25, 0.3) is 0 Å². The van der Waals surface area contributed by atoms with Gasteiger partial charge in [-0.2, -0.15) is 5.26 Å². The molecule has 0 spiro atoms. The van der Waals surface area contributed by atoms with E-state index in [2.05, 4.69) is 27.0 Å². The van der Waals surface area contributed by atoms with Gasteiger partial charge in [-0.15, -0.1) is 11.3 Å². The first-order valence-corrected chi connectivity index (χ1v) is 7.65. The molecule has 0 bridgehead atoms. The van der Waals surface area contributed by atoms with Crippen LogP contribution in [0.5, 0.6) is 0 Å². The lowest BCUT2D eigenvalue weighted by molar-refractivity contribution is 1.39. The molecule has 4 heteroatoms. The van der Waals surface area contributed by atoms with Gasteiger partial charge in [-0.05, 0) is 24.3 Å². The van der Waals surface area contributed by atoms with Crippen LogP contribution in [-0.2, 0) is 0 Å². The Balaban J connectivity index is 1.97. The molecule has 3 rings (SSSR count). The maximum atomic E-state index is 8.95. The molecule has 0 aliphatic carbocycles. The van der Waals surface area contributed by atoms with Crippen molar-refractivity contribution < 1.29 is 0 Å². The molecular formula is C16H9BrN2S. The summed E-state index contributed by atoms with van der Waals surface area (Å²) in [6.07, 6.45) is 0. The number of nitrogens with zero attached hydrogens (tertiary/aromatic N) is 2. The third-order valence-electron chi connectivity index (χ3n) is 2.88. The highest BCUT2D eigenvalue weighted by atomic mass is 79.9. The fourth-order valence-electron chi connectivity index (χ4n) is 1.88. The Kier molecular flexibility index (Phi) is 3.64. The highest BCUT2D eigenvalue weighted by molar-refractivity contribution is 9.10. The normalized spacial score (nSPS) is 10.2. The van der Waals surface area contributed by atoms with E-state index in [1.165, 1.54) is 0 Å². The first kappa shape index (κ1) is 13.0. The molecule has 1 aromatic heterocycles. The molecule has 0 unspecified atom stereocenters. The smallest absolute Gasteiger partial charge is 0.124 e. The number of benzene rings is 2. The van der Waals surface area contributed by atoms with Crippen LogP contribution >= 0.6 is 27.3 Å². The topological polar surface area (TPSA) is 36.7 Å². The van der Waals surface area contributed by atoms with E-state index in [0.717, 1.165) is 26.3 Å². The summed E-state index contributed by atoms with van der Waals surface area (Å²) < 4.78 is 1.06. The fraction of sp³-hybridized carbons (Fsp3) is 0. The lowest BCUT2D eigenvalue weighted by Gasteiger charge is -1.98. The number of rotatable bonds is 2. The zero-order chi connectivity index (χ0) is 13.9. The van der Waals surface area contributed by atoms with Gasteiger partial charge < -0.3 is 0 Å². The van der Waals surface area contributed by atoms with Gasteiger partial charge in [-0.25, -0.2) is 4.98 Å². The van der Waals surface area contributed by atoms with Crippen LogP contribution in [0.1, 0.15) is 5.56 Å². The van der Waals surface area contributed by atoms with Crippen LogP contribution in [0, 0.1) is 11.3 Å². The minimum absolute atomic E-state index is 0.653. The minimum atomic E-state index is 0.653. The van der Waals surface area contributed by atoms with Crippen LogP contribution in [0.25, 0.3) is 21.8 Å². The van der Waals surface area contributed by atoms with E-state index in [1.54, 1.807) is 17.4 Å². The van der Waals surface area contributed by atoms with Crippen molar-refractivity contribution in [1.82, 2.24) is 4.98 Å². The zero-order valence-electron chi connectivity index (χ0n) is 10.4. The van der Waals surface area contributed by atoms with Crippen LogP contribution < -0.4 is 0 Å². The molecule has 96 valence electrons. The van der Waals surface area contributed by atoms with E-state index >= 15 is 0 Å². The Morgan fingerprint density at radius 3 is 2.60 bits per heavy atom. The number of thiazole rings is 1. The molecule has 0 N–H and O–H groups in total. The van der Waals surface area contributed by atoms with Crippen molar-refractivity contribution >= 4 is 27.3 Å². The molecular weight excluding hydrogens is 332 g/mol. The van der Waals surface area contributed by atoms with E-state index in [1.807, 2.05) is 47.8 Å². The van der Waals surface area contributed by atoms with Gasteiger partial charge in [0, 0.05) is 21.0 Å². The van der Waals surface area contributed by atoms with Gasteiger partial charge in [0.05, 0.1) is 17.3 Å². The highest BCUT2D eigenvalue weighted by Crippen LogP contribution is 2.29. The van der Waals surface area contributed by atoms with Crippen molar-refractivity contribution in [1.29, 1.82) is 5.26 Å². The van der Waals surface area contributed by atoms with Crippen molar-refractivity contribution in [2.45, 2.75) is 0 Å². The zero-order valence-corrected chi connectivity index (χ0v) is 12.8. The van der Waals surface area contributed by atoms with E-state index in [4.69, 9.17) is 5.26 Å². The highest BCUT2D eigenvalue weighted by Gasteiger charge is 2.07. The Bertz CT molecular complexity index is 785. The first-order valence-electron chi connectivity index (χ1n) is 5.98. The molecule has 0 amide bonds. The molecule has 0 aliphatic rings. The summed E-state index contributed by atoms with van der Waals surface area (Å²) in [7, 11) is 0. The van der Waals surface area contributed by atoms with E-state index in [9.17, 15) is 0 Å². The molecule has 0 saturated carbocycles. The van der Waals surface area contributed by atoms with Crippen molar-refractivity contribution in [3.8, 4) is 27.9 Å². The number of halogens is 1. The first-order chi connectivity index (χ1) is 9.76. The second-order valence-corrected chi connectivity index (χ2v) is 6.01. The molecule has 0 saturated heterocycles. The summed E-state index contributed by atoms with van der Waals surface area (Å²) in [6, 6.07) is 17.8. The molecule has 0 aliphatic heterocycles. The van der Waals surface area contributed by atoms with Crippen LogP contribution in [0.2, 0.25) is 0 Å². The largest absolute Gasteiger partial charge is 0.236 e. The van der Waals surface area contributed by atoms with Crippen molar-refractivity contribution in [3.63, 3.8) is 0 Å². The number of hydrogen-bond acceptors (Lipinski definition) is 3. The van der Waals surface area contributed by atoms with Crippen LogP contribution in [0.3, 0.4) is 0 Å². The summed E-state index contributed by atoms with van der Waals surface area (Å²) in [4.78, 5) is 4.65. The second kappa shape index (κ2) is 5.58. The van der Waals surface area contributed by atoms with E-state index in [0.29, 0.717) is 5.56 Å². The molecule has 0 fully saturated rings. The van der Waals surface area contributed by atoms with Crippen molar-refractivity contribution in [2.24, 2.45) is 0 Å². The maximum absolute atomic E-state index is 8.95. The second-order valence-electron chi connectivity index (χ2n) is 4.24. The molecule has 0 radical (unpaired) electrons. The summed E-state index contributed by atoms with van der Waals surface area (Å²) >= 11 is 5.04. The van der Waals surface area contributed by atoms with Crippen LogP contribution in [-0.4, -0.2) is 4.98 Å². The van der Waals surface area contributed by atoms with E-state index < -0.39 is 0 Å². The monoisotopic (exact) mass is 340 g/mol. The average Bonchev–Trinajstić information content (AvgIpc) is 2.98. The Morgan fingerprint density at radius 2 is 1.85 bits per heavy atom. The van der Waals surface area contributed by atoms with Gasteiger partial charge in [0.15, 0.2) is 0 Å². The quantitative estimate of drug-likeness (QED) is 0.649. The molecule has 3 aromatic rings. The van der Waals surface area contributed by atoms with Crippen LogP contribution in [0.4, 0.5) is 0 Å². The molecule has 20 heavy (non-hydrogen) atoms. The van der Waals surface area contributed by atoms with Crippen molar-refractivity contribution in [2.75, 3.05) is 0 Å². The van der Waals surface area contributed by atoms with Crippen molar-refractivity contribution in [3.05, 3.63) is 63.9 Å². The van der Waals surface area contributed by atoms with Gasteiger partial charge in [-0.3, -0.25) is 0 Å². The summed E-state index contributed by atoms with van der Waals surface area (Å²) in [5, 5.41) is 11.9. The molecule has 1 heterocycles. The number of hydrogen-bond donors (Lipinski definition) is 0. The predicted molar refractivity (Wildman–Crippen MR) is 85.4 cm³/mol. The molecule has 2 aromatic carbocycles. The van der Waals surface area contributed by atoms with E-state index in [-0.39, 0.29) is 0 Å². The number of aromatic nitrogens is 1. The third-order valence-corrected chi connectivity index (χ3v) is 4.30. The summed E-state index contributed by atoms with van der Waals surface area (Å²) in [6.45, 7) is 0. The lowest BCUT2D eigenvalue weighted by Crippen LogP contribution is -1.81. The Morgan fingerprint density at radius 1 is 1.05 bits per heavy atom. The van der Waals surface area contributed by atoms with Gasteiger partial charge in [0.2, 0.25) is 0 Å². The predicted octanol–water partition coefficient (Wildman–Crippen LogP) is 5.11. The minimum Gasteiger partial charge on any atom is -0.236 e. The Hall–Kier alpha value is -1.96. The number of nitriles is 1.